The minimum absolute atomic E-state index is 0.641. The lowest BCUT2D eigenvalue weighted by atomic mass is 9.94. The van der Waals surface area contributed by atoms with Gasteiger partial charge >= 0.3 is 0 Å². The van der Waals surface area contributed by atoms with Crippen molar-refractivity contribution in [3.05, 3.63) is 41.9 Å². The first-order chi connectivity index (χ1) is 7.21. The van der Waals surface area contributed by atoms with Gasteiger partial charge in [0.2, 0.25) is 0 Å². The first kappa shape index (κ1) is 10.2. The predicted molar refractivity (Wildman–Crippen MR) is 57.1 cm³/mol. The first-order valence-electron chi connectivity index (χ1n) is 5.17. The van der Waals surface area contributed by atoms with Gasteiger partial charge in [-0.05, 0) is 31.9 Å². The van der Waals surface area contributed by atoms with E-state index >= 15 is 0 Å². The molecule has 15 heavy (non-hydrogen) atoms. The van der Waals surface area contributed by atoms with Crippen molar-refractivity contribution in [1.82, 2.24) is 4.98 Å². The molecule has 0 radical (unpaired) electrons. The molecule has 1 aliphatic heterocycles. The van der Waals surface area contributed by atoms with Crippen LogP contribution in [0.4, 0.5) is 0 Å². The Hall–Kier alpha value is -1.35. The van der Waals surface area contributed by atoms with Gasteiger partial charge in [-0.2, -0.15) is 0 Å². The van der Waals surface area contributed by atoms with Crippen molar-refractivity contribution < 1.29 is 9.84 Å². The number of hydrogen-bond donors (Lipinski definition) is 1. The molecule has 0 aromatic carbocycles. The van der Waals surface area contributed by atoms with E-state index in [-0.39, 0.29) is 0 Å². The van der Waals surface area contributed by atoms with Crippen LogP contribution in [0.5, 0.6) is 0 Å². The average molecular weight is 205 g/mol. The van der Waals surface area contributed by atoms with Gasteiger partial charge in [-0.1, -0.05) is 6.07 Å². The number of aliphatic hydroxyl groups is 1. The second-order valence-electron chi connectivity index (χ2n) is 3.87. The molecule has 3 nitrogen and oxygen atoms in total. The molecule has 3 heteroatoms. The quantitative estimate of drug-likeness (QED) is 0.802. The minimum Gasteiger partial charge on any atom is -0.495 e. The van der Waals surface area contributed by atoms with Crippen LogP contribution in [0.15, 0.2) is 36.4 Å². The average Bonchev–Trinajstić information content (AvgIpc) is 2.31. The van der Waals surface area contributed by atoms with Crippen molar-refractivity contribution in [2.24, 2.45) is 0 Å². The Morgan fingerprint density at radius 3 is 3.00 bits per heavy atom. The number of allylic oxidation sites excluding steroid dienone is 1. The Bertz CT molecular complexity index is 357. The third-order valence-corrected chi connectivity index (χ3v) is 2.64. The standard InChI is InChI=1S/C12H15NO2/c1-12(14,10-5-4-7-13-9-10)11-6-2-3-8-15-11/h4-7,9,14H,2-3,8H2,1H3. The summed E-state index contributed by atoms with van der Waals surface area (Å²) in [6.07, 6.45) is 7.29. The molecule has 1 aromatic rings. The van der Waals surface area contributed by atoms with Gasteiger partial charge in [-0.15, -0.1) is 0 Å². The molecule has 0 aliphatic carbocycles. The highest BCUT2D eigenvalue weighted by Crippen LogP contribution is 2.31. The zero-order valence-electron chi connectivity index (χ0n) is 8.81. The molecule has 80 valence electrons. The molecule has 1 unspecified atom stereocenters. The maximum atomic E-state index is 10.4. The van der Waals surface area contributed by atoms with Crippen molar-refractivity contribution in [2.75, 3.05) is 6.61 Å². The van der Waals surface area contributed by atoms with E-state index in [9.17, 15) is 5.11 Å². The molecule has 1 aliphatic rings. The molecule has 0 spiro atoms. The number of rotatable bonds is 2. The van der Waals surface area contributed by atoms with Crippen LogP contribution < -0.4 is 0 Å². The van der Waals surface area contributed by atoms with Gasteiger partial charge < -0.3 is 9.84 Å². The Morgan fingerprint density at radius 1 is 1.53 bits per heavy atom. The molecule has 0 saturated heterocycles. The Morgan fingerprint density at radius 2 is 2.40 bits per heavy atom. The van der Waals surface area contributed by atoms with Crippen LogP contribution in [0, 0.1) is 0 Å². The second-order valence-corrected chi connectivity index (χ2v) is 3.87. The molecule has 0 saturated carbocycles. The summed E-state index contributed by atoms with van der Waals surface area (Å²) < 4.78 is 5.48. The van der Waals surface area contributed by atoms with Gasteiger partial charge in [0.1, 0.15) is 11.4 Å². The molecule has 0 fully saturated rings. The third kappa shape index (κ3) is 2.02. The SMILES string of the molecule is CC(O)(C1=CCCCO1)c1cccnc1. The second kappa shape index (κ2) is 4.03. The number of aromatic nitrogens is 1. The molecule has 1 aromatic heterocycles. The van der Waals surface area contributed by atoms with Crippen LogP contribution in [-0.2, 0) is 10.3 Å². The van der Waals surface area contributed by atoms with E-state index in [1.807, 2.05) is 18.2 Å². The fourth-order valence-electron chi connectivity index (χ4n) is 1.69. The van der Waals surface area contributed by atoms with Crippen LogP contribution in [0.2, 0.25) is 0 Å². The van der Waals surface area contributed by atoms with Gasteiger partial charge in [0.05, 0.1) is 6.61 Å². The summed E-state index contributed by atoms with van der Waals surface area (Å²) in [5.74, 6) is 0.641. The lowest BCUT2D eigenvalue weighted by Gasteiger charge is -2.28. The largest absolute Gasteiger partial charge is 0.495 e. The van der Waals surface area contributed by atoms with Crippen LogP contribution in [-0.4, -0.2) is 16.7 Å². The zero-order valence-corrected chi connectivity index (χ0v) is 8.81. The van der Waals surface area contributed by atoms with Crippen molar-refractivity contribution >= 4 is 0 Å². The van der Waals surface area contributed by atoms with Crippen molar-refractivity contribution in [2.45, 2.75) is 25.4 Å². The van der Waals surface area contributed by atoms with Crippen LogP contribution in [0.1, 0.15) is 25.3 Å². The topological polar surface area (TPSA) is 42.4 Å². The van der Waals surface area contributed by atoms with E-state index < -0.39 is 5.60 Å². The Kier molecular flexibility index (Phi) is 2.73. The summed E-state index contributed by atoms with van der Waals surface area (Å²) in [4.78, 5) is 4.00. The lowest BCUT2D eigenvalue weighted by Crippen LogP contribution is -2.27. The molecule has 2 heterocycles. The van der Waals surface area contributed by atoms with E-state index in [0.717, 1.165) is 18.4 Å². The molecule has 1 N–H and O–H groups in total. The lowest BCUT2D eigenvalue weighted by molar-refractivity contribution is 0.0148. The van der Waals surface area contributed by atoms with Gasteiger partial charge in [-0.3, -0.25) is 4.98 Å². The summed E-state index contributed by atoms with van der Waals surface area (Å²) in [5, 5.41) is 10.4. The van der Waals surface area contributed by atoms with Gasteiger partial charge in [0.25, 0.3) is 0 Å². The third-order valence-electron chi connectivity index (χ3n) is 2.64. The van der Waals surface area contributed by atoms with E-state index in [2.05, 4.69) is 4.98 Å². The summed E-state index contributed by atoms with van der Waals surface area (Å²) in [5.41, 5.74) is -0.299. The molecular weight excluding hydrogens is 190 g/mol. The van der Waals surface area contributed by atoms with E-state index in [1.165, 1.54) is 0 Å². The first-order valence-corrected chi connectivity index (χ1v) is 5.17. The Balaban J connectivity index is 2.30. The highest BCUT2D eigenvalue weighted by Gasteiger charge is 2.30. The fraction of sp³-hybridized carbons (Fsp3) is 0.417. The van der Waals surface area contributed by atoms with Crippen LogP contribution in [0.25, 0.3) is 0 Å². The number of nitrogens with zero attached hydrogens (tertiary/aromatic N) is 1. The zero-order chi connectivity index (χ0) is 10.7. The molecule has 2 rings (SSSR count). The Labute approximate surface area is 89.4 Å². The summed E-state index contributed by atoms with van der Waals surface area (Å²) >= 11 is 0. The molecular formula is C12H15NO2. The summed E-state index contributed by atoms with van der Waals surface area (Å²) in [6, 6.07) is 3.67. The van der Waals surface area contributed by atoms with Gasteiger partial charge in [-0.25, -0.2) is 0 Å². The summed E-state index contributed by atoms with van der Waals surface area (Å²) in [7, 11) is 0. The van der Waals surface area contributed by atoms with Crippen molar-refractivity contribution in [3.8, 4) is 0 Å². The van der Waals surface area contributed by atoms with Crippen molar-refractivity contribution in [3.63, 3.8) is 0 Å². The maximum absolute atomic E-state index is 10.4. The van der Waals surface area contributed by atoms with E-state index in [1.54, 1.807) is 19.3 Å². The molecule has 0 amide bonds. The molecule has 1 atom stereocenters. The normalized spacial score (nSPS) is 20.0. The maximum Gasteiger partial charge on any atom is 0.145 e. The molecule has 0 bridgehead atoms. The minimum atomic E-state index is -1.06. The summed E-state index contributed by atoms with van der Waals surface area (Å²) in [6.45, 7) is 2.42. The van der Waals surface area contributed by atoms with E-state index in [0.29, 0.717) is 12.4 Å². The van der Waals surface area contributed by atoms with Crippen LogP contribution in [0.3, 0.4) is 0 Å². The smallest absolute Gasteiger partial charge is 0.145 e. The number of hydrogen-bond acceptors (Lipinski definition) is 3. The fourth-order valence-corrected chi connectivity index (χ4v) is 1.69. The van der Waals surface area contributed by atoms with Gasteiger partial charge in [0.15, 0.2) is 0 Å². The predicted octanol–water partition coefficient (Wildman–Crippen LogP) is 1.98. The monoisotopic (exact) mass is 205 g/mol. The number of pyridine rings is 1. The van der Waals surface area contributed by atoms with Crippen molar-refractivity contribution in [1.29, 1.82) is 0 Å². The van der Waals surface area contributed by atoms with Gasteiger partial charge in [0, 0.05) is 18.0 Å². The highest BCUT2D eigenvalue weighted by molar-refractivity contribution is 5.27. The van der Waals surface area contributed by atoms with E-state index in [4.69, 9.17) is 4.74 Å². The van der Waals surface area contributed by atoms with Crippen LogP contribution >= 0.6 is 0 Å². The highest BCUT2D eigenvalue weighted by atomic mass is 16.5. The number of ether oxygens (including phenoxy) is 1.